The van der Waals surface area contributed by atoms with Crippen LogP contribution in [-0.2, 0) is 14.4 Å². The van der Waals surface area contributed by atoms with Gasteiger partial charge < -0.3 is 4.84 Å². The van der Waals surface area contributed by atoms with Crippen molar-refractivity contribution >= 4 is 11.9 Å². The van der Waals surface area contributed by atoms with Crippen molar-refractivity contribution < 1.29 is 14.4 Å². The highest BCUT2D eigenvalue weighted by Crippen LogP contribution is 2.36. The second-order valence-electron chi connectivity index (χ2n) is 3.32. The number of hydroxylamine groups is 2. The lowest BCUT2D eigenvalue weighted by molar-refractivity contribution is -0.176. The summed E-state index contributed by atoms with van der Waals surface area (Å²) in [5.74, 6) is -0.679. The Morgan fingerprint density at radius 2 is 2.00 bits per heavy atom. The summed E-state index contributed by atoms with van der Waals surface area (Å²) in [7, 11) is 0. The molecule has 1 heterocycles. The molecule has 4 nitrogen and oxygen atoms in total. The van der Waals surface area contributed by atoms with Gasteiger partial charge in [-0.3, -0.25) is 4.79 Å². The Morgan fingerprint density at radius 1 is 1.43 bits per heavy atom. The molecule has 78 valence electrons. The molecule has 0 aromatic rings. The van der Waals surface area contributed by atoms with E-state index in [1.54, 1.807) is 0 Å². The quantitative estimate of drug-likeness (QED) is 0.504. The first kappa shape index (κ1) is 10.8. The summed E-state index contributed by atoms with van der Waals surface area (Å²) in [4.78, 5) is 28.2. The van der Waals surface area contributed by atoms with Gasteiger partial charge in [-0.25, -0.2) is 4.79 Å². The molecule has 0 bridgehead atoms. The van der Waals surface area contributed by atoms with E-state index < -0.39 is 11.4 Å². The maximum Gasteiger partial charge on any atom is 0.348 e. The first-order valence-corrected chi connectivity index (χ1v) is 4.77. The van der Waals surface area contributed by atoms with Crippen LogP contribution in [0.5, 0.6) is 0 Å². The third-order valence-corrected chi connectivity index (χ3v) is 2.72. The summed E-state index contributed by atoms with van der Waals surface area (Å²) >= 11 is 0. The average molecular weight is 197 g/mol. The third kappa shape index (κ3) is 1.31. The smallest absolute Gasteiger partial charge is 0.337 e. The summed E-state index contributed by atoms with van der Waals surface area (Å²) in [5, 5.41) is 1.09. The minimum Gasteiger partial charge on any atom is -0.337 e. The fourth-order valence-electron chi connectivity index (χ4n) is 1.63. The number of rotatable bonds is 4. The number of hydrogen-bond acceptors (Lipinski definition) is 3. The van der Waals surface area contributed by atoms with E-state index in [1.165, 1.54) is 6.08 Å². The van der Waals surface area contributed by atoms with Crippen LogP contribution < -0.4 is 0 Å². The van der Waals surface area contributed by atoms with Gasteiger partial charge in [0, 0.05) is 0 Å². The van der Waals surface area contributed by atoms with E-state index in [1.807, 2.05) is 13.8 Å². The first-order valence-electron chi connectivity index (χ1n) is 4.77. The molecular weight excluding hydrogens is 182 g/mol. The van der Waals surface area contributed by atoms with Gasteiger partial charge in [0.05, 0.1) is 6.54 Å². The zero-order valence-electron chi connectivity index (χ0n) is 8.58. The van der Waals surface area contributed by atoms with Gasteiger partial charge >= 0.3 is 5.97 Å². The van der Waals surface area contributed by atoms with Crippen LogP contribution >= 0.6 is 0 Å². The maximum absolute atomic E-state index is 11.8. The standard InChI is InChI=1S/C10H15NO3/c1-4-7-11-8(12)10(5-2,6-3)9(13)14-11/h4H,1,5-7H2,2-3H3. The van der Waals surface area contributed by atoms with Gasteiger partial charge in [0.25, 0.3) is 5.91 Å². The third-order valence-electron chi connectivity index (χ3n) is 2.72. The molecule has 14 heavy (non-hydrogen) atoms. The summed E-state index contributed by atoms with van der Waals surface area (Å²) in [6.07, 6.45) is 2.50. The van der Waals surface area contributed by atoms with Crippen LogP contribution in [0, 0.1) is 5.41 Å². The fraction of sp³-hybridized carbons (Fsp3) is 0.600. The monoisotopic (exact) mass is 197 g/mol. The summed E-state index contributed by atoms with van der Waals surface area (Å²) < 4.78 is 0. The zero-order valence-corrected chi connectivity index (χ0v) is 8.58. The van der Waals surface area contributed by atoms with E-state index in [0.717, 1.165) is 5.06 Å². The molecule has 0 aliphatic carbocycles. The highest BCUT2D eigenvalue weighted by Gasteiger charge is 2.53. The van der Waals surface area contributed by atoms with Gasteiger partial charge in [-0.15, -0.1) is 6.58 Å². The van der Waals surface area contributed by atoms with Crippen LogP contribution in [0.15, 0.2) is 12.7 Å². The molecule has 0 N–H and O–H groups in total. The van der Waals surface area contributed by atoms with Crippen molar-refractivity contribution in [3.05, 3.63) is 12.7 Å². The number of carbonyl (C=O) groups excluding carboxylic acids is 2. The van der Waals surface area contributed by atoms with Crippen LogP contribution in [-0.4, -0.2) is 23.5 Å². The molecule has 1 saturated heterocycles. The predicted molar refractivity (Wildman–Crippen MR) is 51.0 cm³/mol. The Hall–Kier alpha value is -1.32. The van der Waals surface area contributed by atoms with Crippen LogP contribution in [0.3, 0.4) is 0 Å². The predicted octanol–water partition coefficient (Wildman–Crippen LogP) is 1.28. The summed E-state index contributed by atoms with van der Waals surface area (Å²) in [6, 6.07) is 0. The molecule has 1 aliphatic heterocycles. The van der Waals surface area contributed by atoms with E-state index in [9.17, 15) is 9.59 Å². The van der Waals surface area contributed by atoms with E-state index in [4.69, 9.17) is 4.84 Å². The Labute approximate surface area is 83.5 Å². The molecule has 0 aromatic carbocycles. The fourth-order valence-corrected chi connectivity index (χ4v) is 1.63. The van der Waals surface area contributed by atoms with E-state index in [2.05, 4.69) is 6.58 Å². The van der Waals surface area contributed by atoms with Crippen molar-refractivity contribution in [2.24, 2.45) is 5.41 Å². The molecule has 0 unspecified atom stereocenters. The summed E-state index contributed by atoms with van der Waals surface area (Å²) in [5.41, 5.74) is -0.955. The van der Waals surface area contributed by atoms with Crippen molar-refractivity contribution in [1.82, 2.24) is 5.06 Å². The lowest BCUT2D eigenvalue weighted by atomic mass is 9.82. The van der Waals surface area contributed by atoms with Crippen molar-refractivity contribution in [3.63, 3.8) is 0 Å². The van der Waals surface area contributed by atoms with Gasteiger partial charge in [0.2, 0.25) is 0 Å². The number of hydrogen-bond donors (Lipinski definition) is 0. The molecule has 0 aromatic heterocycles. The second kappa shape index (κ2) is 3.82. The molecule has 0 atom stereocenters. The van der Waals surface area contributed by atoms with Crippen LogP contribution in [0.4, 0.5) is 0 Å². The lowest BCUT2D eigenvalue weighted by Crippen LogP contribution is -2.35. The largest absolute Gasteiger partial charge is 0.348 e. The van der Waals surface area contributed by atoms with E-state index >= 15 is 0 Å². The van der Waals surface area contributed by atoms with Crippen molar-refractivity contribution in [3.8, 4) is 0 Å². The zero-order chi connectivity index (χ0) is 10.8. The van der Waals surface area contributed by atoms with Gasteiger partial charge in [-0.05, 0) is 12.8 Å². The second-order valence-corrected chi connectivity index (χ2v) is 3.32. The number of amides is 1. The molecular formula is C10H15NO3. The first-order chi connectivity index (χ1) is 6.62. The Kier molecular flexibility index (Phi) is 2.93. The SMILES string of the molecule is C=CCN1OC(=O)C(CC)(CC)C1=O. The topological polar surface area (TPSA) is 46.6 Å². The highest BCUT2D eigenvalue weighted by atomic mass is 16.7. The summed E-state index contributed by atoms with van der Waals surface area (Å²) in [6.45, 7) is 7.39. The van der Waals surface area contributed by atoms with Crippen molar-refractivity contribution in [2.75, 3.05) is 6.54 Å². The molecule has 0 radical (unpaired) electrons. The Bertz CT molecular complexity index is 269. The molecule has 0 saturated carbocycles. The Balaban J connectivity index is 2.94. The molecule has 1 fully saturated rings. The Morgan fingerprint density at radius 3 is 2.36 bits per heavy atom. The van der Waals surface area contributed by atoms with Crippen molar-refractivity contribution in [2.45, 2.75) is 26.7 Å². The highest BCUT2D eigenvalue weighted by molar-refractivity contribution is 6.06. The van der Waals surface area contributed by atoms with Crippen molar-refractivity contribution in [1.29, 1.82) is 0 Å². The molecule has 1 rings (SSSR count). The van der Waals surface area contributed by atoms with Gasteiger partial charge in [-0.2, -0.15) is 5.06 Å². The number of nitrogens with zero attached hydrogens (tertiary/aromatic N) is 1. The van der Waals surface area contributed by atoms with Crippen LogP contribution in [0.25, 0.3) is 0 Å². The lowest BCUT2D eigenvalue weighted by Gasteiger charge is -2.17. The minimum atomic E-state index is -0.955. The molecule has 1 amide bonds. The van der Waals surface area contributed by atoms with Gasteiger partial charge in [0.15, 0.2) is 5.41 Å². The molecule has 1 aliphatic rings. The van der Waals surface area contributed by atoms with E-state index in [-0.39, 0.29) is 12.5 Å². The normalized spacial score (nSPS) is 19.7. The average Bonchev–Trinajstić information content (AvgIpc) is 2.41. The van der Waals surface area contributed by atoms with E-state index in [0.29, 0.717) is 12.8 Å². The van der Waals surface area contributed by atoms with Gasteiger partial charge in [0.1, 0.15) is 0 Å². The van der Waals surface area contributed by atoms with Crippen LogP contribution in [0.2, 0.25) is 0 Å². The number of carbonyl (C=O) groups is 2. The molecule has 0 spiro atoms. The maximum atomic E-state index is 11.8. The van der Waals surface area contributed by atoms with Crippen LogP contribution in [0.1, 0.15) is 26.7 Å². The van der Waals surface area contributed by atoms with Gasteiger partial charge in [-0.1, -0.05) is 19.9 Å². The minimum absolute atomic E-state index is 0.243. The molecule has 4 heteroatoms.